The molecule has 1 fully saturated rings. The lowest BCUT2D eigenvalue weighted by atomic mass is 9.85. The summed E-state index contributed by atoms with van der Waals surface area (Å²) in [5.41, 5.74) is 7.08. The molecule has 1 aromatic rings. The SMILES string of the molecule is COc1ccc(CC(=O)NCC2CCCCC2N)cc1. The summed E-state index contributed by atoms with van der Waals surface area (Å²) in [6, 6.07) is 7.83. The van der Waals surface area contributed by atoms with E-state index in [2.05, 4.69) is 5.32 Å². The van der Waals surface area contributed by atoms with Crippen LogP contribution >= 0.6 is 0 Å². The van der Waals surface area contributed by atoms with Crippen LogP contribution in [-0.2, 0) is 11.2 Å². The van der Waals surface area contributed by atoms with Crippen molar-refractivity contribution in [2.45, 2.75) is 38.1 Å². The van der Waals surface area contributed by atoms with Crippen LogP contribution < -0.4 is 15.8 Å². The van der Waals surface area contributed by atoms with E-state index in [4.69, 9.17) is 10.5 Å². The van der Waals surface area contributed by atoms with Crippen LogP contribution in [0.25, 0.3) is 0 Å². The summed E-state index contributed by atoms with van der Waals surface area (Å²) in [7, 11) is 1.63. The number of benzene rings is 1. The van der Waals surface area contributed by atoms with Crippen molar-refractivity contribution in [3.63, 3.8) is 0 Å². The van der Waals surface area contributed by atoms with Gasteiger partial charge >= 0.3 is 0 Å². The molecule has 20 heavy (non-hydrogen) atoms. The molecule has 0 saturated heterocycles. The molecule has 110 valence electrons. The maximum atomic E-state index is 11.9. The Hall–Kier alpha value is -1.55. The molecule has 2 atom stereocenters. The van der Waals surface area contributed by atoms with Crippen molar-refractivity contribution >= 4 is 5.91 Å². The minimum absolute atomic E-state index is 0.0629. The number of nitrogens with one attached hydrogen (secondary N) is 1. The highest BCUT2D eigenvalue weighted by Gasteiger charge is 2.21. The third kappa shape index (κ3) is 4.23. The summed E-state index contributed by atoms with van der Waals surface area (Å²) in [5, 5.41) is 3.01. The van der Waals surface area contributed by atoms with Gasteiger partial charge in [-0.3, -0.25) is 4.79 Å². The van der Waals surface area contributed by atoms with Crippen molar-refractivity contribution in [2.24, 2.45) is 11.7 Å². The fraction of sp³-hybridized carbons (Fsp3) is 0.562. The van der Waals surface area contributed by atoms with Crippen molar-refractivity contribution in [3.8, 4) is 5.75 Å². The van der Waals surface area contributed by atoms with Crippen molar-refractivity contribution in [3.05, 3.63) is 29.8 Å². The monoisotopic (exact) mass is 276 g/mol. The Labute approximate surface area is 120 Å². The van der Waals surface area contributed by atoms with E-state index >= 15 is 0 Å². The van der Waals surface area contributed by atoms with E-state index in [1.54, 1.807) is 7.11 Å². The van der Waals surface area contributed by atoms with Crippen molar-refractivity contribution in [1.82, 2.24) is 5.32 Å². The van der Waals surface area contributed by atoms with Crippen molar-refractivity contribution in [2.75, 3.05) is 13.7 Å². The van der Waals surface area contributed by atoms with Gasteiger partial charge in [0.2, 0.25) is 5.91 Å². The van der Waals surface area contributed by atoms with Gasteiger partial charge in [-0.15, -0.1) is 0 Å². The second-order valence-corrected chi connectivity index (χ2v) is 5.54. The molecular weight excluding hydrogens is 252 g/mol. The van der Waals surface area contributed by atoms with Crippen LogP contribution in [0.4, 0.5) is 0 Å². The number of carbonyl (C=O) groups excluding carboxylic acids is 1. The highest BCUT2D eigenvalue weighted by molar-refractivity contribution is 5.78. The molecule has 0 spiro atoms. The highest BCUT2D eigenvalue weighted by atomic mass is 16.5. The van der Waals surface area contributed by atoms with E-state index in [0.717, 1.165) is 24.2 Å². The summed E-state index contributed by atoms with van der Waals surface area (Å²) in [4.78, 5) is 11.9. The average Bonchev–Trinajstić information content (AvgIpc) is 2.47. The average molecular weight is 276 g/mol. The lowest BCUT2D eigenvalue weighted by molar-refractivity contribution is -0.120. The van der Waals surface area contributed by atoms with Gasteiger partial charge < -0.3 is 15.8 Å². The summed E-state index contributed by atoms with van der Waals surface area (Å²) in [5.74, 6) is 1.30. The molecule has 0 radical (unpaired) electrons. The number of carbonyl (C=O) groups is 1. The van der Waals surface area contributed by atoms with E-state index in [1.807, 2.05) is 24.3 Å². The zero-order chi connectivity index (χ0) is 14.4. The Morgan fingerprint density at radius 2 is 2.00 bits per heavy atom. The first-order valence-corrected chi connectivity index (χ1v) is 7.34. The zero-order valence-electron chi connectivity index (χ0n) is 12.1. The van der Waals surface area contributed by atoms with Gasteiger partial charge in [0, 0.05) is 12.6 Å². The molecular formula is C16H24N2O2. The van der Waals surface area contributed by atoms with Crippen molar-refractivity contribution < 1.29 is 9.53 Å². The molecule has 1 amide bonds. The molecule has 4 heteroatoms. The number of rotatable bonds is 5. The number of ether oxygens (including phenoxy) is 1. The van der Waals surface area contributed by atoms with Crippen LogP contribution in [0.3, 0.4) is 0 Å². The van der Waals surface area contributed by atoms with Crippen LogP contribution in [0.5, 0.6) is 5.75 Å². The Bertz CT molecular complexity index is 431. The van der Waals surface area contributed by atoms with Gasteiger partial charge in [0.05, 0.1) is 13.5 Å². The van der Waals surface area contributed by atoms with Crippen molar-refractivity contribution in [1.29, 1.82) is 0 Å². The minimum atomic E-state index is 0.0629. The van der Waals surface area contributed by atoms with Crippen LogP contribution in [0.15, 0.2) is 24.3 Å². The normalized spacial score (nSPS) is 22.3. The highest BCUT2D eigenvalue weighted by Crippen LogP contribution is 2.22. The van der Waals surface area contributed by atoms with E-state index in [-0.39, 0.29) is 11.9 Å². The second-order valence-electron chi connectivity index (χ2n) is 5.54. The Balaban J connectivity index is 1.76. The zero-order valence-corrected chi connectivity index (χ0v) is 12.1. The molecule has 3 N–H and O–H groups in total. The van der Waals surface area contributed by atoms with E-state index in [9.17, 15) is 4.79 Å². The van der Waals surface area contributed by atoms with Gasteiger partial charge in [0.1, 0.15) is 5.75 Å². The summed E-state index contributed by atoms with van der Waals surface area (Å²) in [6.07, 6.45) is 5.07. The fourth-order valence-corrected chi connectivity index (χ4v) is 2.73. The molecule has 0 aromatic heterocycles. The fourth-order valence-electron chi connectivity index (χ4n) is 2.73. The summed E-state index contributed by atoms with van der Waals surface area (Å²) in [6.45, 7) is 0.705. The third-order valence-electron chi connectivity index (χ3n) is 4.05. The molecule has 0 bridgehead atoms. The first-order valence-electron chi connectivity index (χ1n) is 7.34. The van der Waals surface area contributed by atoms with Gasteiger partial charge in [0.25, 0.3) is 0 Å². The summed E-state index contributed by atoms with van der Waals surface area (Å²) >= 11 is 0. The second kappa shape index (κ2) is 7.29. The first-order chi connectivity index (χ1) is 9.69. The standard InChI is InChI=1S/C16H24N2O2/c1-20-14-8-6-12(7-9-14)10-16(19)18-11-13-4-2-3-5-15(13)17/h6-9,13,15H,2-5,10-11,17H2,1H3,(H,18,19). The van der Waals surface area contributed by atoms with Gasteiger partial charge in [-0.1, -0.05) is 25.0 Å². The van der Waals surface area contributed by atoms with Crippen LogP contribution in [0.1, 0.15) is 31.2 Å². The topological polar surface area (TPSA) is 64.3 Å². The number of hydrogen-bond donors (Lipinski definition) is 2. The molecule has 0 heterocycles. The molecule has 2 rings (SSSR count). The molecule has 1 aliphatic rings. The smallest absolute Gasteiger partial charge is 0.224 e. The third-order valence-corrected chi connectivity index (χ3v) is 4.05. The van der Waals surface area contributed by atoms with Crippen LogP contribution in [-0.4, -0.2) is 25.6 Å². The molecule has 4 nitrogen and oxygen atoms in total. The number of nitrogens with two attached hydrogens (primary N) is 1. The molecule has 1 saturated carbocycles. The number of amides is 1. The largest absolute Gasteiger partial charge is 0.497 e. The quantitative estimate of drug-likeness (QED) is 0.863. The van der Waals surface area contributed by atoms with E-state index in [0.29, 0.717) is 18.9 Å². The molecule has 0 aliphatic heterocycles. The Morgan fingerprint density at radius 3 is 2.65 bits per heavy atom. The minimum Gasteiger partial charge on any atom is -0.497 e. The Morgan fingerprint density at radius 1 is 1.30 bits per heavy atom. The lowest BCUT2D eigenvalue weighted by Gasteiger charge is -2.28. The van der Waals surface area contributed by atoms with Gasteiger partial charge in [0.15, 0.2) is 0 Å². The van der Waals surface area contributed by atoms with Crippen LogP contribution in [0.2, 0.25) is 0 Å². The summed E-state index contributed by atoms with van der Waals surface area (Å²) < 4.78 is 5.10. The molecule has 2 unspecified atom stereocenters. The van der Waals surface area contributed by atoms with E-state index < -0.39 is 0 Å². The predicted molar refractivity (Wildman–Crippen MR) is 79.6 cm³/mol. The van der Waals surface area contributed by atoms with Gasteiger partial charge in [-0.05, 0) is 36.5 Å². The first kappa shape index (κ1) is 14.9. The number of hydrogen-bond acceptors (Lipinski definition) is 3. The molecule has 1 aliphatic carbocycles. The van der Waals surface area contributed by atoms with E-state index in [1.165, 1.54) is 12.8 Å². The Kier molecular flexibility index (Phi) is 5.41. The maximum absolute atomic E-state index is 11.9. The van der Waals surface area contributed by atoms with Gasteiger partial charge in [-0.25, -0.2) is 0 Å². The predicted octanol–water partition coefficient (Wildman–Crippen LogP) is 1.87. The van der Waals surface area contributed by atoms with Gasteiger partial charge in [-0.2, -0.15) is 0 Å². The molecule has 1 aromatic carbocycles. The maximum Gasteiger partial charge on any atom is 0.224 e. The number of methoxy groups -OCH3 is 1. The van der Waals surface area contributed by atoms with Crippen LogP contribution in [0, 0.1) is 5.92 Å². The lowest BCUT2D eigenvalue weighted by Crippen LogP contribution is -2.41.